The second-order valence-corrected chi connectivity index (χ2v) is 5.87. The highest BCUT2D eigenvalue weighted by atomic mass is 79.9. The van der Waals surface area contributed by atoms with E-state index < -0.39 is 0 Å². The van der Waals surface area contributed by atoms with E-state index in [-0.39, 0.29) is 34.0 Å². The molecule has 0 aliphatic carbocycles. The van der Waals surface area contributed by atoms with Gasteiger partial charge < -0.3 is 22.7 Å². The second kappa shape index (κ2) is 9.74. The molecule has 0 saturated heterocycles. The van der Waals surface area contributed by atoms with E-state index in [0.717, 1.165) is 22.5 Å². The summed E-state index contributed by atoms with van der Waals surface area (Å²) in [6.07, 6.45) is 7.74. The van der Waals surface area contributed by atoms with E-state index in [0.29, 0.717) is 5.17 Å². The molecule has 1 aromatic carbocycles. The van der Waals surface area contributed by atoms with Crippen molar-refractivity contribution in [2.24, 2.45) is 23.0 Å². The molecule has 25 heavy (non-hydrogen) atoms. The van der Waals surface area contributed by atoms with E-state index in [9.17, 15) is 0 Å². The predicted octanol–water partition coefficient (Wildman–Crippen LogP) is 0.0243. The summed E-state index contributed by atoms with van der Waals surface area (Å²) in [7, 11) is 2.07. The number of amidine groups is 1. The molecular weight excluding hydrogens is 466 g/mol. The predicted molar refractivity (Wildman–Crippen MR) is 107 cm³/mol. The average molecular weight is 485 g/mol. The van der Waals surface area contributed by atoms with Gasteiger partial charge in [0, 0.05) is 11.6 Å². The van der Waals surface area contributed by atoms with E-state index in [4.69, 9.17) is 5.73 Å². The summed E-state index contributed by atoms with van der Waals surface area (Å²) in [5.41, 5.74) is 10.0. The van der Waals surface area contributed by atoms with Crippen LogP contribution in [-0.4, -0.2) is 22.2 Å². The summed E-state index contributed by atoms with van der Waals surface area (Å²) in [4.78, 5) is 0. The number of hydrogen-bond donors (Lipinski definition) is 1. The number of fused-ring (bicyclic) bond motifs is 1. The lowest BCUT2D eigenvalue weighted by Crippen LogP contribution is -3.00. The van der Waals surface area contributed by atoms with Crippen LogP contribution >= 0.6 is 28.7 Å². The molecule has 3 rings (SSSR count). The Hall–Kier alpha value is -1.64. The monoisotopic (exact) mass is 483 g/mol. The van der Waals surface area contributed by atoms with Crippen LogP contribution in [-0.2, 0) is 7.05 Å². The minimum atomic E-state index is 0. The molecular formula is C17H19Br2N5S. The maximum Gasteiger partial charge on any atom is 0.286 e. The highest BCUT2D eigenvalue weighted by Gasteiger charge is 2.14. The SMILES string of the molecule is Br.CS/C(N)=N/N=C/c1ccc(-c2c[n+]3ccccc3n2C)cc1.[Br-]. The first-order valence-electron chi connectivity index (χ1n) is 7.15. The number of imidazole rings is 1. The van der Waals surface area contributed by atoms with E-state index >= 15 is 0 Å². The van der Waals surface area contributed by atoms with Crippen LogP contribution < -0.4 is 27.1 Å². The fraction of sp³-hybridized carbons (Fsp3) is 0.118. The second-order valence-electron chi connectivity index (χ2n) is 5.05. The molecule has 0 bridgehead atoms. The number of aryl methyl sites for hydroxylation is 1. The molecule has 2 N–H and O–H groups in total. The van der Waals surface area contributed by atoms with Gasteiger partial charge in [0.05, 0.1) is 19.5 Å². The zero-order valence-corrected chi connectivity index (χ0v) is 17.9. The van der Waals surface area contributed by atoms with Crippen molar-refractivity contribution in [2.45, 2.75) is 0 Å². The quantitative estimate of drug-likeness (QED) is 0.246. The van der Waals surface area contributed by atoms with Crippen molar-refractivity contribution in [1.29, 1.82) is 0 Å². The molecule has 0 aliphatic rings. The standard InChI is InChI=1S/C17H18N5S.2BrH/c1-21-15(12-22-10-4-3-5-16(21)22)14-8-6-13(7-9-14)11-19-20-17(18)23-2;;/h3-12H,1-2H3,(H2,18,20);2*1H/q+1;;/p-1/b19-11+;;. The molecule has 2 heterocycles. The van der Waals surface area contributed by atoms with Gasteiger partial charge in [-0.3, -0.25) is 0 Å². The lowest BCUT2D eigenvalue weighted by atomic mass is 10.1. The highest BCUT2D eigenvalue weighted by molar-refractivity contribution is 8.93. The number of halogens is 2. The van der Waals surface area contributed by atoms with E-state index in [1.807, 2.05) is 36.7 Å². The van der Waals surface area contributed by atoms with Crippen LogP contribution in [0.4, 0.5) is 0 Å². The van der Waals surface area contributed by atoms with Gasteiger partial charge in [0.15, 0.2) is 10.9 Å². The van der Waals surface area contributed by atoms with Gasteiger partial charge in [-0.25, -0.2) is 8.97 Å². The summed E-state index contributed by atoms with van der Waals surface area (Å²) < 4.78 is 4.29. The molecule has 0 amide bonds. The van der Waals surface area contributed by atoms with Gasteiger partial charge in [-0.05, 0) is 30.0 Å². The van der Waals surface area contributed by atoms with E-state index in [1.54, 1.807) is 6.21 Å². The Balaban J connectivity index is 0.00000156. The van der Waals surface area contributed by atoms with Gasteiger partial charge >= 0.3 is 0 Å². The van der Waals surface area contributed by atoms with Gasteiger partial charge in [0.2, 0.25) is 0 Å². The molecule has 0 aliphatic heterocycles. The molecule has 0 fully saturated rings. The molecule has 132 valence electrons. The summed E-state index contributed by atoms with van der Waals surface area (Å²) in [6, 6.07) is 14.4. The largest absolute Gasteiger partial charge is 1.00 e. The average Bonchev–Trinajstić information content (AvgIpc) is 2.93. The number of benzene rings is 1. The minimum Gasteiger partial charge on any atom is -1.00 e. The van der Waals surface area contributed by atoms with Crippen LogP contribution in [0.2, 0.25) is 0 Å². The van der Waals surface area contributed by atoms with Gasteiger partial charge in [-0.1, -0.05) is 30.0 Å². The van der Waals surface area contributed by atoms with Crippen molar-refractivity contribution < 1.29 is 21.4 Å². The number of nitrogens with zero attached hydrogens (tertiary/aromatic N) is 4. The molecule has 2 aromatic heterocycles. The van der Waals surface area contributed by atoms with Crippen molar-refractivity contribution >= 4 is 45.8 Å². The van der Waals surface area contributed by atoms with Gasteiger partial charge in [0.25, 0.3) is 5.65 Å². The fourth-order valence-corrected chi connectivity index (χ4v) is 2.51. The maximum atomic E-state index is 5.58. The van der Waals surface area contributed by atoms with Crippen LogP contribution in [0.15, 0.2) is 65.1 Å². The third-order valence-electron chi connectivity index (χ3n) is 3.61. The van der Waals surface area contributed by atoms with Crippen LogP contribution in [0.5, 0.6) is 0 Å². The fourth-order valence-electron chi connectivity index (χ4n) is 2.38. The molecule has 0 radical (unpaired) electrons. The molecule has 0 saturated carbocycles. The van der Waals surface area contributed by atoms with Crippen molar-refractivity contribution in [3.8, 4) is 11.3 Å². The summed E-state index contributed by atoms with van der Waals surface area (Å²) in [5, 5.41) is 8.31. The van der Waals surface area contributed by atoms with Crippen LogP contribution in [0.25, 0.3) is 16.9 Å². The van der Waals surface area contributed by atoms with Crippen LogP contribution in [0.3, 0.4) is 0 Å². The van der Waals surface area contributed by atoms with Gasteiger partial charge in [0.1, 0.15) is 6.20 Å². The molecule has 3 aromatic rings. The Bertz CT molecular complexity index is 888. The molecule has 8 heteroatoms. The van der Waals surface area contributed by atoms with Crippen molar-refractivity contribution in [1.82, 2.24) is 4.57 Å². The first-order valence-corrected chi connectivity index (χ1v) is 8.38. The lowest BCUT2D eigenvalue weighted by Gasteiger charge is -1.98. The minimum absolute atomic E-state index is 0. The van der Waals surface area contributed by atoms with E-state index in [2.05, 4.69) is 50.6 Å². The number of nitrogens with two attached hydrogens (primary N) is 1. The third kappa shape index (κ3) is 4.93. The first-order chi connectivity index (χ1) is 11.2. The zero-order chi connectivity index (χ0) is 16.2. The molecule has 0 spiro atoms. The number of hydrogen-bond acceptors (Lipinski definition) is 3. The summed E-state index contributed by atoms with van der Waals surface area (Å²) >= 11 is 1.37. The summed E-state index contributed by atoms with van der Waals surface area (Å²) in [5.74, 6) is 0. The van der Waals surface area contributed by atoms with Crippen molar-refractivity contribution in [2.75, 3.05) is 6.26 Å². The normalized spacial score (nSPS) is 11.4. The summed E-state index contributed by atoms with van der Waals surface area (Å²) in [6.45, 7) is 0. The number of thioether (sulfide) groups is 1. The molecule has 0 atom stereocenters. The number of rotatable bonds is 3. The van der Waals surface area contributed by atoms with Gasteiger partial charge in [-0.15, -0.1) is 22.1 Å². The lowest BCUT2D eigenvalue weighted by molar-refractivity contribution is -0.510. The number of aromatic nitrogens is 2. The third-order valence-corrected chi connectivity index (χ3v) is 4.11. The zero-order valence-electron chi connectivity index (χ0n) is 13.8. The number of pyridine rings is 1. The maximum absolute atomic E-state index is 5.58. The Kier molecular flexibility index (Phi) is 8.34. The first kappa shape index (κ1) is 21.4. The topological polar surface area (TPSA) is 59.8 Å². The Morgan fingerprint density at radius 2 is 1.92 bits per heavy atom. The van der Waals surface area contributed by atoms with Gasteiger partial charge in [-0.2, -0.15) is 5.10 Å². The Labute approximate surface area is 172 Å². The Morgan fingerprint density at radius 3 is 2.56 bits per heavy atom. The molecule has 0 unspecified atom stereocenters. The van der Waals surface area contributed by atoms with Crippen molar-refractivity contribution in [3.05, 3.63) is 60.4 Å². The van der Waals surface area contributed by atoms with Crippen LogP contribution in [0, 0.1) is 0 Å². The molecule has 5 nitrogen and oxygen atoms in total. The van der Waals surface area contributed by atoms with Crippen LogP contribution in [0.1, 0.15) is 5.56 Å². The smallest absolute Gasteiger partial charge is 0.286 e. The Morgan fingerprint density at radius 1 is 1.20 bits per heavy atom. The van der Waals surface area contributed by atoms with E-state index in [1.165, 1.54) is 11.8 Å². The highest BCUT2D eigenvalue weighted by Crippen LogP contribution is 2.19. The van der Waals surface area contributed by atoms with Crippen molar-refractivity contribution in [3.63, 3.8) is 0 Å².